The van der Waals surface area contributed by atoms with Crippen LogP contribution in [-0.4, -0.2) is 22.5 Å². The number of halogens is 2. The number of pyridine rings is 1. The van der Waals surface area contributed by atoms with Crippen LogP contribution in [0.1, 0.15) is 15.9 Å². The summed E-state index contributed by atoms with van der Waals surface area (Å²) in [4.78, 5) is 15.9. The van der Waals surface area contributed by atoms with Gasteiger partial charge in [0.1, 0.15) is 11.5 Å². The number of carbonyl (C=O) groups is 1. The predicted octanol–water partition coefficient (Wildman–Crippen LogP) is 2.62. The molecule has 0 unspecified atom stereocenters. The number of nitrogens with zero attached hydrogens (tertiary/aromatic N) is 1. The van der Waals surface area contributed by atoms with Crippen molar-refractivity contribution in [3.63, 3.8) is 0 Å². The van der Waals surface area contributed by atoms with Crippen molar-refractivity contribution in [2.24, 2.45) is 0 Å². The number of ether oxygens (including phenoxy) is 1. The molecule has 1 N–H and O–H groups in total. The molecule has 6 heteroatoms. The van der Waals surface area contributed by atoms with E-state index in [9.17, 15) is 18.7 Å². The van der Waals surface area contributed by atoms with Crippen LogP contribution >= 0.6 is 0 Å². The first-order valence-corrected chi connectivity index (χ1v) is 5.30. The number of phenols is 1. The van der Waals surface area contributed by atoms with Gasteiger partial charge in [0.15, 0.2) is 5.78 Å². The molecular weight excluding hydrogens is 256 g/mol. The van der Waals surface area contributed by atoms with E-state index in [1.54, 1.807) is 6.07 Å². The molecular formula is C13H9F2NO3. The van der Waals surface area contributed by atoms with Gasteiger partial charge in [-0.15, -0.1) is 0 Å². The Balaban J connectivity index is 2.41. The lowest BCUT2D eigenvalue weighted by Gasteiger charge is -2.10. The van der Waals surface area contributed by atoms with Crippen LogP contribution in [0.5, 0.6) is 11.5 Å². The molecule has 0 saturated carbocycles. The van der Waals surface area contributed by atoms with Crippen molar-refractivity contribution in [1.29, 1.82) is 0 Å². The number of carbonyl (C=O) groups excluding carboxylic acids is 1. The zero-order chi connectivity index (χ0) is 13.8. The smallest absolute Gasteiger partial charge is 0.387 e. The number of hydrogen-bond donors (Lipinski definition) is 1. The summed E-state index contributed by atoms with van der Waals surface area (Å²) < 4.78 is 28.8. The van der Waals surface area contributed by atoms with Gasteiger partial charge in [-0.05, 0) is 24.3 Å². The Bertz CT molecular complexity index is 588. The number of phenolic OH excluding ortho intramolecular Hbond substituents is 1. The number of aromatic nitrogens is 1. The molecule has 98 valence electrons. The van der Waals surface area contributed by atoms with Crippen molar-refractivity contribution < 1.29 is 23.4 Å². The van der Waals surface area contributed by atoms with E-state index in [-0.39, 0.29) is 22.6 Å². The second-order valence-corrected chi connectivity index (χ2v) is 3.63. The van der Waals surface area contributed by atoms with Gasteiger partial charge < -0.3 is 9.84 Å². The van der Waals surface area contributed by atoms with E-state index < -0.39 is 12.4 Å². The van der Waals surface area contributed by atoms with Gasteiger partial charge in [0, 0.05) is 24.0 Å². The Morgan fingerprint density at radius 2 is 2.11 bits per heavy atom. The van der Waals surface area contributed by atoms with Gasteiger partial charge in [0.2, 0.25) is 0 Å². The maximum absolute atomic E-state index is 12.3. The minimum atomic E-state index is -3.08. The minimum absolute atomic E-state index is 0.0638. The average molecular weight is 265 g/mol. The monoisotopic (exact) mass is 265 g/mol. The zero-order valence-corrected chi connectivity index (χ0v) is 9.59. The number of alkyl halides is 2. The van der Waals surface area contributed by atoms with Gasteiger partial charge in [-0.1, -0.05) is 0 Å². The summed E-state index contributed by atoms with van der Waals surface area (Å²) in [7, 11) is 0. The lowest BCUT2D eigenvalue weighted by Crippen LogP contribution is -2.09. The summed E-state index contributed by atoms with van der Waals surface area (Å²) in [6.45, 7) is -3.08. The molecule has 19 heavy (non-hydrogen) atoms. The normalized spacial score (nSPS) is 10.5. The van der Waals surface area contributed by atoms with Gasteiger partial charge in [-0.25, -0.2) is 0 Å². The number of benzene rings is 1. The third-order valence-corrected chi connectivity index (χ3v) is 2.35. The fourth-order valence-electron chi connectivity index (χ4n) is 1.54. The van der Waals surface area contributed by atoms with E-state index in [4.69, 9.17) is 0 Å². The van der Waals surface area contributed by atoms with E-state index in [1.807, 2.05) is 0 Å². The van der Waals surface area contributed by atoms with E-state index in [2.05, 4.69) is 9.72 Å². The van der Waals surface area contributed by atoms with Crippen molar-refractivity contribution in [1.82, 2.24) is 4.98 Å². The van der Waals surface area contributed by atoms with E-state index in [1.165, 1.54) is 30.6 Å². The van der Waals surface area contributed by atoms with Crippen molar-refractivity contribution in [3.05, 3.63) is 53.9 Å². The van der Waals surface area contributed by atoms with E-state index in [0.717, 1.165) is 6.07 Å². The Labute approximate surface area is 107 Å². The molecule has 0 spiro atoms. The number of rotatable bonds is 4. The SMILES string of the molecule is O=C(c1cccnc1)c1ccc(O)cc1OC(F)F. The van der Waals surface area contributed by atoms with Gasteiger partial charge in [-0.2, -0.15) is 8.78 Å². The van der Waals surface area contributed by atoms with Gasteiger partial charge in [-0.3, -0.25) is 9.78 Å². The molecule has 0 aliphatic heterocycles. The van der Waals surface area contributed by atoms with Crippen molar-refractivity contribution in [2.75, 3.05) is 0 Å². The molecule has 4 nitrogen and oxygen atoms in total. The first kappa shape index (κ1) is 12.9. The second kappa shape index (κ2) is 5.43. The number of aromatic hydroxyl groups is 1. The van der Waals surface area contributed by atoms with Crippen molar-refractivity contribution in [3.8, 4) is 11.5 Å². The molecule has 2 rings (SSSR count). The summed E-state index contributed by atoms with van der Waals surface area (Å²) in [6, 6.07) is 6.48. The van der Waals surface area contributed by atoms with Crippen LogP contribution in [0.3, 0.4) is 0 Å². The van der Waals surface area contributed by atoms with Gasteiger partial charge in [0.05, 0.1) is 5.56 Å². The molecule has 0 bridgehead atoms. The predicted molar refractivity (Wildman–Crippen MR) is 62.4 cm³/mol. The summed E-state index contributed by atoms with van der Waals surface area (Å²) in [5.74, 6) is -1.15. The summed E-state index contributed by atoms with van der Waals surface area (Å²) in [5, 5.41) is 9.25. The summed E-state index contributed by atoms with van der Waals surface area (Å²) >= 11 is 0. The number of hydrogen-bond acceptors (Lipinski definition) is 4. The van der Waals surface area contributed by atoms with Gasteiger partial charge in [0.25, 0.3) is 0 Å². The maximum Gasteiger partial charge on any atom is 0.387 e. The second-order valence-electron chi connectivity index (χ2n) is 3.63. The van der Waals surface area contributed by atoms with Crippen molar-refractivity contribution in [2.45, 2.75) is 6.61 Å². The minimum Gasteiger partial charge on any atom is -0.508 e. The highest BCUT2D eigenvalue weighted by Gasteiger charge is 2.18. The molecule has 1 heterocycles. The molecule has 0 atom stereocenters. The molecule has 1 aromatic heterocycles. The first-order valence-electron chi connectivity index (χ1n) is 5.30. The van der Waals surface area contributed by atoms with Crippen LogP contribution in [-0.2, 0) is 0 Å². The molecule has 1 aromatic carbocycles. The third kappa shape index (κ3) is 3.04. The molecule has 0 fully saturated rings. The lowest BCUT2D eigenvalue weighted by atomic mass is 10.0. The largest absolute Gasteiger partial charge is 0.508 e. The van der Waals surface area contributed by atoms with E-state index >= 15 is 0 Å². The fourth-order valence-corrected chi connectivity index (χ4v) is 1.54. The van der Waals surface area contributed by atoms with E-state index in [0.29, 0.717) is 0 Å². The molecule has 0 amide bonds. The van der Waals surface area contributed by atoms with Crippen molar-refractivity contribution >= 4 is 5.78 Å². The topological polar surface area (TPSA) is 59.4 Å². The highest BCUT2D eigenvalue weighted by molar-refractivity contribution is 6.10. The highest BCUT2D eigenvalue weighted by atomic mass is 19.3. The Kier molecular flexibility index (Phi) is 3.70. The molecule has 0 aliphatic carbocycles. The van der Waals surface area contributed by atoms with Gasteiger partial charge >= 0.3 is 6.61 Å². The first-order chi connectivity index (χ1) is 9.08. The zero-order valence-electron chi connectivity index (χ0n) is 9.59. The molecule has 0 aliphatic rings. The lowest BCUT2D eigenvalue weighted by molar-refractivity contribution is -0.0501. The van der Waals surface area contributed by atoms with Crippen LogP contribution in [0.2, 0.25) is 0 Å². The molecule has 0 radical (unpaired) electrons. The Hall–Kier alpha value is -2.50. The van der Waals surface area contributed by atoms with Crippen LogP contribution in [0.25, 0.3) is 0 Å². The van der Waals surface area contributed by atoms with Crippen LogP contribution in [0.4, 0.5) is 8.78 Å². The van der Waals surface area contributed by atoms with Crippen LogP contribution in [0, 0.1) is 0 Å². The quantitative estimate of drug-likeness (QED) is 0.863. The standard InChI is InChI=1S/C13H9F2NO3/c14-13(15)19-11-6-9(17)3-4-10(11)12(18)8-2-1-5-16-7-8/h1-7,13,17H. The van der Waals surface area contributed by atoms with Crippen LogP contribution < -0.4 is 4.74 Å². The molecule has 2 aromatic rings. The molecule has 0 saturated heterocycles. The third-order valence-electron chi connectivity index (χ3n) is 2.35. The number of ketones is 1. The fraction of sp³-hybridized carbons (Fsp3) is 0.0769. The maximum atomic E-state index is 12.3. The summed E-state index contributed by atoms with van der Waals surface area (Å²) in [5.41, 5.74) is 0.179. The average Bonchev–Trinajstić information content (AvgIpc) is 2.38. The highest BCUT2D eigenvalue weighted by Crippen LogP contribution is 2.27. The Morgan fingerprint density at radius 1 is 1.32 bits per heavy atom. The Morgan fingerprint density at radius 3 is 2.74 bits per heavy atom. The summed E-state index contributed by atoms with van der Waals surface area (Å²) in [6.07, 6.45) is 2.81. The van der Waals surface area contributed by atoms with Crippen LogP contribution in [0.15, 0.2) is 42.7 Å².